The lowest BCUT2D eigenvalue weighted by molar-refractivity contribution is -0.140. The van der Waals surface area contributed by atoms with Crippen molar-refractivity contribution in [3.05, 3.63) is 59.9 Å². The van der Waals surface area contributed by atoms with Crippen LogP contribution >= 0.6 is 0 Å². The van der Waals surface area contributed by atoms with Crippen molar-refractivity contribution >= 4 is 5.97 Å². The van der Waals surface area contributed by atoms with E-state index in [2.05, 4.69) is 15.1 Å². The van der Waals surface area contributed by atoms with Crippen LogP contribution in [-0.2, 0) is 6.18 Å². The van der Waals surface area contributed by atoms with E-state index in [9.17, 15) is 22.4 Å². The molecule has 1 N–H and O–H groups in total. The Labute approximate surface area is 137 Å². The molecule has 0 fully saturated rings. The average Bonchev–Trinajstić information content (AvgIpc) is 3.00. The quantitative estimate of drug-likeness (QED) is 0.732. The smallest absolute Gasteiger partial charge is 0.419 e. The number of hydrogen-bond acceptors (Lipinski definition) is 4. The molecule has 0 atom stereocenters. The fourth-order valence-corrected chi connectivity index (χ4v) is 2.16. The second-order valence-electron chi connectivity index (χ2n) is 4.88. The summed E-state index contributed by atoms with van der Waals surface area (Å²) in [6, 6.07) is 3.39. The maximum absolute atomic E-state index is 13.5. The first-order chi connectivity index (χ1) is 11.8. The highest BCUT2D eigenvalue weighted by molar-refractivity contribution is 5.87. The SMILES string of the molecule is O=C(O)c1cc(-c2cnccn2)n(-c2ccc(F)c(C(F)(F)F)c2)n1. The van der Waals surface area contributed by atoms with E-state index in [1.54, 1.807) is 0 Å². The van der Waals surface area contributed by atoms with Crippen LogP contribution in [0.1, 0.15) is 16.1 Å². The zero-order valence-corrected chi connectivity index (χ0v) is 12.2. The Hall–Kier alpha value is -3.30. The van der Waals surface area contributed by atoms with Crippen molar-refractivity contribution in [2.75, 3.05) is 0 Å². The van der Waals surface area contributed by atoms with Gasteiger partial charge in [-0.3, -0.25) is 9.97 Å². The van der Waals surface area contributed by atoms with E-state index in [0.717, 1.165) is 16.8 Å². The van der Waals surface area contributed by atoms with Crippen molar-refractivity contribution in [2.24, 2.45) is 0 Å². The molecule has 2 aromatic heterocycles. The summed E-state index contributed by atoms with van der Waals surface area (Å²) in [5.41, 5.74) is -1.76. The van der Waals surface area contributed by atoms with Crippen LogP contribution in [0.5, 0.6) is 0 Å². The maximum atomic E-state index is 13.5. The molecule has 0 saturated carbocycles. The lowest BCUT2D eigenvalue weighted by atomic mass is 10.1. The van der Waals surface area contributed by atoms with Crippen molar-refractivity contribution in [3.63, 3.8) is 0 Å². The largest absolute Gasteiger partial charge is 0.476 e. The molecule has 1 aromatic carbocycles. The molecular weight excluding hydrogens is 344 g/mol. The summed E-state index contributed by atoms with van der Waals surface area (Å²) >= 11 is 0. The van der Waals surface area contributed by atoms with Crippen molar-refractivity contribution in [3.8, 4) is 17.1 Å². The van der Waals surface area contributed by atoms with Gasteiger partial charge in [0.15, 0.2) is 5.69 Å². The first-order valence-electron chi connectivity index (χ1n) is 6.74. The molecule has 0 aliphatic carbocycles. The number of rotatable bonds is 3. The molecule has 3 aromatic rings. The lowest BCUT2D eigenvalue weighted by Gasteiger charge is -2.11. The Kier molecular flexibility index (Phi) is 3.95. The summed E-state index contributed by atoms with van der Waals surface area (Å²) in [6.07, 6.45) is -0.899. The second-order valence-corrected chi connectivity index (χ2v) is 4.88. The fourth-order valence-electron chi connectivity index (χ4n) is 2.16. The van der Waals surface area contributed by atoms with Gasteiger partial charge >= 0.3 is 12.1 Å². The Balaban J connectivity index is 2.22. The number of carboxylic acid groups (broad SMARTS) is 1. The number of carboxylic acids is 1. The summed E-state index contributed by atoms with van der Waals surface area (Å²) in [6.45, 7) is 0. The first kappa shape index (κ1) is 16.6. The van der Waals surface area contributed by atoms with Gasteiger partial charge in [-0.2, -0.15) is 18.3 Å². The second kappa shape index (κ2) is 5.96. The Bertz CT molecular complexity index is 938. The van der Waals surface area contributed by atoms with E-state index in [1.165, 1.54) is 18.6 Å². The van der Waals surface area contributed by atoms with Crippen molar-refractivity contribution < 1.29 is 27.5 Å². The average molecular weight is 352 g/mol. The molecule has 0 aliphatic rings. The van der Waals surface area contributed by atoms with Gasteiger partial charge in [0.05, 0.1) is 23.1 Å². The van der Waals surface area contributed by atoms with Crippen molar-refractivity contribution in [1.29, 1.82) is 0 Å². The molecule has 10 heteroatoms. The summed E-state index contributed by atoms with van der Waals surface area (Å²) in [7, 11) is 0. The van der Waals surface area contributed by atoms with Crippen LogP contribution in [0, 0.1) is 5.82 Å². The molecule has 0 amide bonds. The van der Waals surface area contributed by atoms with Gasteiger partial charge in [0, 0.05) is 18.5 Å². The van der Waals surface area contributed by atoms with E-state index >= 15 is 0 Å². The Morgan fingerprint density at radius 2 is 1.92 bits per heavy atom. The molecule has 0 bridgehead atoms. The van der Waals surface area contributed by atoms with Crippen LogP contribution in [-0.4, -0.2) is 30.8 Å². The zero-order valence-electron chi connectivity index (χ0n) is 12.2. The van der Waals surface area contributed by atoms with Gasteiger partial charge in [0.25, 0.3) is 0 Å². The summed E-state index contributed by atoms with van der Waals surface area (Å²) in [5.74, 6) is -2.81. The molecule has 2 heterocycles. The number of aromatic nitrogens is 4. The minimum Gasteiger partial charge on any atom is -0.476 e. The number of benzene rings is 1. The molecule has 25 heavy (non-hydrogen) atoms. The molecular formula is C15H8F4N4O2. The van der Waals surface area contributed by atoms with Gasteiger partial charge < -0.3 is 5.11 Å². The predicted octanol–water partition coefficient (Wildman–Crippen LogP) is 3.19. The number of hydrogen-bond donors (Lipinski definition) is 1. The van der Waals surface area contributed by atoms with E-state index in [0.29, 0.717) is 12.1 Å². The Morgan fingerprint density at radius 3 is 2.52 bits per heavy atom. The van der Waals surface area contributed by atoms with E-state index in [1.807, 2.05) is 0 Å². The minimum absolute atomic E-state index is 0.102. The standard InChI is InChI=1S/C15H8F4N4O2/c16-10-2-1-8(5-9(10)15(17,18)19)23-13(6-11(22-23)14(24)25)12-7-20-3-4-21-12/h1-7H,(H,24,25). The van der Waals surface area contributed by atoms with Crippen molar-refractivity contribution in [1.82, 2.24) is 19.7 Å². The van der Waals surface area contributed by atoms with E-state index in [4.69, 9.17) is 5.11 Å². The van der Waals surface area contributed by atoms with Gasteiger partial charge in [-0.05, 0) is 18.2 Å². The highest BCUT2D eigenvalue weighted by Crippen LogP contribution is 2.33. The van der Waals surface area contributed by atoms with E-state index < -0.39 is 29.2 Å². The number of halogens is 4. The molecule has 0 spiro atoms. The van der Waals surface area contributed by atoms with Crippen LogP contribution in [0.25, 0.3) is 17.1 Å². The lowest BCUT2D eigenvalue weighted by Crippen LogP contribution is -2.10. The molecule has 0 saturated heterocycles. The number of aromatic carboxylic acids is 1. The molecule has 0 radical (unpaired) electrons. The topological polar surface area (TPSA) is 80.9 Å². The van der Waals surface area contributed by atoms with Crippen molar-refractivity contribution in [2.45, 2.75) is 6.18 Å². The number of alkyl halides is 3. The molecule has 0 unspecified atom stereocenters. The third-order valence-electron chi connectivity index (χ3n) is 3.25. The number of nitrogens with zero attached hydrogens (tertiary/aromatic N) is 4. The fraction of sp³-hybridized carbons (Fsp3) is 0.0667. The van der Waals surface area contributed by atoms with E-state index in [-0.39, 0.29) is 17.1 Å². The third-order valence-corrected chi connectivity index (χ3v) is 3.25. The zero-order chi connectivity index (χ0) is 18.2. The van der Waals surface area contributed by atoms with Gasteiger partial charge in [0.1, 0.15) is 11.5 Å². The molecule has 0 aliphatic heterocycles. The van der Waals surface area contributed by atoms with Crippen LogP contribution in [0.15, 0.2) is 42.9 Å². The molecule has 6 nitrogen and oxygen atoms in total. The van der Waals surface area contributed by atoms with Crippen LogP contribution in [0.4, 0.5) is 17.6 Å². The van der Waals surface area contributed by atoms with Gasteiger partial charge in [-0.1, -0.05) is 0 Å². The molecule has 3 rings (SSSR count). The third kappa shape index (κ3) is 3.18. The van der Waals surface area contributed by atoms with Crippen LogP contribution < -0.4 is 0 Å². The monoisotopic (exact) mass is 352 g/mol. The van der Waals surface area contributed by atoms with Gasteiger partial charge in [0.2, 0.25) is 0 Å². The van der Waals surface area contributed by atoms with Crippen LogP contribution in [0.3, 0.4) is 0 Å². The van der Waals surface area contributed by atoms with Gasteiger partial charge in [-0.25, -0.2) is 13.9 Å². The number of carbonyl (C=O) groups is 1. The predicted molar refractivity (Wildman–Crippen MR) is 76.5 cm³/mol. The highest BCUT2D eigenvalue weighted by Gasteiger charge is 2.34. The Morgan fingerprint density at radius 1 is 1.16 bits per heavy atom. The van der Waals surface area contributed by atoms with Gasteiger partial charge in [-0.15, -0.1) is 0 Å². The molecule has 128 valence electrons. The normalized spacial score (nSPS) is 11.5. The van der Waals surface area contributed by atoms with Crippen LogP contribution in [0.2, 0.25) is 0 Å². The minimum atomic E-state index is -4.91. The maximum Gasteiger partial charge on any atom is 0.419 e. The highest BCUT2D eigenvalue weighted by atomic mass is 19.4. The first-order valence-corrected chi connectivity index (χ1v) is 6.74. The summed E-state index contributed by atoms with van der Waals surface area (Å²) in [5, 5.41) is 12.9. The summed E-state index contributed by atoms with van der Waals surface area (Å²) in [4.78, 5) is 19.0. The summed E-state index contributed by atoms with van der Waals surface area (Å²) < 4.78 is 53.2.